The summed E-state index contributed by atoms with van der Waals surface area (Å²) in [5.41, 5.74) is 1.51. The quantitative estimate of drug-likeness (QED) is 0.908. The van der Waals surface area contributed by atoms with Crippen LogP contribution in [0.5, 0.6) is 0 Å². The van der Waals surface area contributed by atoms with E-state index in [0.717, 1.165) is 24.0 Å². The van der Waals surface area contributed by atoms with Crippen LogP contribution in [-0.4, -0.2) is 40.8 Å². The Morgan fingerprint density at radius 1 is 1.25 bits per heavy atom. The number of benzene rings is 1. The van der Waals surface area contributed by atoms with E-state index in [-0.39, 0.29) is 6.09 Å². The molecule has 1 amide bonds. The normalized spacial score (nSPS) is 17.4. The third-order valence-electron chi connectivity index (χ3n) is 4.40. The Hall–Kier alpha value is -2.04. The summed E-state index contributed by atoms with van der Waals surface area (Å²) in [5, 5.41) is 9.17. The van der Waals surface area contributed by atoms with E-state index in [1.54, 1.807) is 11.8 Å². The molecule has 1 heterocycles. The molecule has 0 bridgehead atoms. The van der Waals surface area contributed by atoms with E-state index in [2.05, 4.69) is 0 Å². The van der Waals surface area contributed by atoms with E-state index in [4.69, 9.17) is 9.84 Å². The average molecular weight is 333 g/mol. The lowest BCUT2D eigenvalue weighted by molar-refractivity contribution is -0.138. The number of nitrogens with zero attached hydrogens (tertiary/aromatic N) is 1. The van der Waals surface area contributed by atoms with E-state index in [9.17, 15) is 9.59 Å². The smallest absolute Gasteiger partial charge is 0.410 e. The Labute approximate surface area is 143 Å². The summed E-state index contributed by atoms with van der Waals surface area (Å²) in [6, 6.07) is 7.82. The van der Waals surface area contributed by atoms with Crippen LogP contribution in [0.2, 0.25) is 0 Å². The zero-order chi connectivity index (χ0) is 17.9. The zero-order valence-electron chi connectivity index (χ0n) is 14.9. The Balaban J connectivity index is 1.99. The minimum absolute atomic E-state index is 0.255. The molecule has 1 aliphatic rings. The summed E-state index contributed by atoms with van der Waals surface area (Å²) in [5.74, 6) is -0.969. The number of ether oxygens (including phenoxy) is 1. The number of hydrogen-bond donors (Lipinski definition) is 1. The number of carbonyl (C=O) groups is 2. The molecular weight excluding hydrogens is 306 g/mol. The zero-order valence-corrected chi connectivity index (χ0v) is 14.9. The summed E-state index contributed by atoms with van der Waals surface area (Å²) in [7, 11) is 0. The van der Waals surface area contributed by atoms with Crippen molar-refractivity contribution in [2.24, 2.45) is 0 Å². The number of carboxylic acid groups (broad SMARTS) is 1. The molecule has 0 saturated carbocycles. The van der Waals surface area contributed by atoms with Crippen LogP contribution in [0.3, 0.4) is 0 Å². The molecule has 0 radical (unpaired) electrons. The molecule has 0 aliphatic carbocycles. The first-order chi connectivity index (χ1) is 11.2. The molecule has 0 aromatic heterocycles. The van der Waals surface area contributed by atoms with E-state index in [1.165, 1.54) is 0 Å². The number of carboxylic acids is 1. The molecule has 1 saturated heterocycles. The highest BCUT2D eigenvalue weighted by Crippen LogP contribution is 2.30. The maximum atomic E-state index is 12.1. The van der Waals surface area contributed by atoms with Crippen molar-refractivity contribution in [1.82, 2.24) is 4.90 Å². The van der Waals surface area contributed by atoms with Crippen molar-refractivity contribution in [2.45, 2.75) is 58.0 Å². The van der Waals surface area contributed by atoms with E-state index in [1.807, 2.05) is 45.0 Å². The molecule has 5 heteroatoms. The van der Waals surface area contributed by atoms with Crippen molar-refractivity contribution < 1.29 is 19.4 Å². The molecule has 24 heavy (non-hydrogen) atoms. The molecule has 1 aromatic rings. The van der Waals surface area contributed by atoms with Crippen LogP contribution in [0.25, 0.3) is 0 Å². The lowest BCUT2D eigenvalue weighted by Crippen LogP contribution is -2.41. The van der Waals surface area contributed by atoms with Gasteiger partial charge in [-0.1, -0.05) is 24.3 Å². The van der Waals surface area contributed by atoms with Gasteiger partial charge >= 0.3 is 12.1 Å². The SMILES string of the molecule is CC(C(=O)O)c1cccc(C2CCN(C(=O)OC(C)(C)C)CC2)c1. The average Bonchev–Trinajstić information content (AvgIpc) is 2.52. The summed E-state index contributed by atoms with van der Waals surface area (Å²) in [6.45, 7) is 8.63. The minimum atomic E-state index is -0.813. The fourth-order valence-corrected chi connectivity index (χ4v) is 2.95. The number of rotatable bonds is 3. The second-order valence-corrected chi connectivity index (χ2v) is 7.47. The van der Waals surface area contributed by atoms with Gasteiger partial charge in [-0.05, 0) is 57.6 Å². The Bertz CT molecular complexity index is 598. The van der Waals surface area contributed by atoms with Gasteiger partial charge in [-0.2, -0.15) is 0 Å². The summed E-state index contributed by atoms with van der Waals surface area (Å²) in [4.78, 5) is 25.0. The van der Waals surface area contributed by atoms with E-state index < -0.39 is 17.5 Å². The molecule has 132 valence electrons. The molecule has 1 N–H and O–H groups in total. The third-order valence-corrected chi connectivity index (χ3v) is 4.40. The van der Waals surface area contributed by atoms with Crippen LogP contribution < -0.4 is 0 Å². The fraction of sp³-hybridized carbons (Fsp3) is 0.579. The molecular formula is C19H27NO4. The Morgan fingerprint density at radius 3 is 2.42 bits per heavy atom. The van der Waals surface area contributed by atoms with Gasteiger partial charge < -0.3 is 14.7 Å². The number of likely N-dealkylation sites (tertiary alicyclic amines) is 1. The van der Waals surface area contributed by atoms with Crippen molar-refractivity contribution in [3.05, 3.63) is 35.4 Å². The van der Waals surface area contributed by atoms with Gasteiger partial charge in [0.2, 0.25) is 0 Å². The number of carbonyl (C=O) groups excluding carboxylic acids is 1. The first kappa shape index (κ1) is 18.3. The van der Waals surface area contributed by atoms with Crippen LogP contribution in [0.4, 0.5) is 4.79 Å². The van der Waals surface area contributed by atoms with Gasteiger partial charge in [-0.3, -0.25) is 4.79 Å². The van der Waals surface area contributed by atoms with Gasteiger partial charge in [0.25, 0.3) is 0 Å². The molecule has 1 aliphatic heterocycles. The van der Waals surface area contributed by atoms with Gasteiger partial charge in [-0.15, -0.1) is 0 Å². The summed E-state index contributed by atoms with van der Waals surface area (Å²) in [6.07, 6.45) is 1.48. The van der Waals surface area contributed by atoms with Crippen molar-refractivity contribution in [3.63, 3.8) is 0 Å². The van der Waals surface area contributed by atoms with Crippen LogP contribution in [-0.2, 0) is 9.53 Å². The Kier molecular flexibility index (Phi) is 5.52. The van der Waals surface area contributed by atoms with Crippen LogP contribution in [0.1, 0.15) is 63.5 Å². The number of piperidine rings is 1. The maximum Gasteiger partial charge on any atom is 0.410 e. The van der Waals surface area contributed by atoms with Crippen molar-refractivity contribution in [1.29, 1.82) is 0 Å². The van der Waals surface area contributed by atoms with Crippen LogP contribution >= 0.6 is 0 Å². The second kappa shape index (κ2) is 7.24. The third kappa shape index (κ3) is 4.73. The van der Waals surface area contributed by atoms with Gasteiger partial charge in [0.1, 0.15) is 5.60 Å². The van der Waals surface area contributed by atoms with Gasteiger partial charge in [0.15, 0.2) is 0 Å². The van der Waals surface area contributed by atoms with Gasteiger partial charge in [0, 0.05) is 13.1 Å². The molecule has 5 nitrogen and oxygen atoms in total. The topological polar surface area (TPSA) is 66.8 Å². The molecule has 0 spiro atoms. The first-order valence-electron chi connectivity index (χ1n) is 8.48. The van der Waals surface area contributed by atoms with Crippen molar-refractivity contribution in [2.75, 3.05) is 13.1 Å². The Morgan fingerprint density at radius 2 is 1.88 bits per heavy atom. The van der Waals surface area contributed by atoms with Crippen LogP contribution in [0.15, 0.2) is 24.3 Å². The van der Waals surface area contributed by atoms with Gasteiger partial charge in [0.05, 0.1) is 5.92 Å². The van der Waals surface area contributed by atoms with Crippen molar-refractivity contribution in [3.8, 4) is 0 Å². The highest BCUT2D eigenvalue weighted by molar-refractivity contribution is 5.75. The maximum absolute atomic E-state index is 12.1. The van der Waals surface area contributed by atoms with E-state index >= 15 is 0 Å². The number of amides is 1. The van der Waals surface area contributed by atoms with Crippen LogP contribution in [0, 0.1) is 0 Å². The first-order valence-corrected chi connectivity index (χ1v) is 8.48. The standard InChI is InChI=1S/C19H27NO4/c1-13(17(21)22)15-6-5-7-16(12-15)14-8-10-20(11-9-14)18(23)24-19(2,3)4/h5-7,12-14H,8-11H2,1-4H3,(H,21,22). The minimum Gasteiger partial charge on any atom is -0.481 e. The highest BCUT2D eigenvalue weighted by Gasteiger charge is 2.27. The molecule has 1 aromatic carbocycles. The highest BCUT2D eigenvalue weighted by atomic mass is 16.6. The predicted octanol–water partition coefficient (Wildman–Crippen LogP) is 3.99. The lowest BCUT2D eigenvalue weighted by Gasteiger charge is -2.33. The number of hydrogen-bond acceptors (Lipinski definition) is 3. The second-order valence-electron chi connectivity index (χ2n) is 7.47. The molecule has 2 rings (SSSR count). The number of aliphatic carboxylic acids is 1. The molecule has 1 atom stereocenters. The predicted molar refractivity (Wildman–Crippen MR) is 92.3 cm³/mol. The van der Waals surface area contributed by atoms with Crippen molar-refractivity contribution >= 4 is 12.1 Å². The van der Waals surface area contributed by atoms with Gasteiger partial charge in [-0.25, -0.2) is 4.79 Å². The summed E-state index contributed by atoms with van der Waals surface area (Å²) >= 11 is 0. The fourth-order valence-electron chi connectivity index (χ4n) is 2.95. The molecule has 1 fully saturated rings. The monoisotopic (exact) mass is 333 g/mol. The summed E-state index contributed by atoms with van der Waals surface area (Å²) < 4.78 is 5.42. The lowest BCUT2D eigenvalue weighted by atomic mass is 9.87. The largest absolute Gasteiger partial charge is 0.481 e. The molecule has 1 unspecified atom stereocenters. The van der Waals surface area contributed by atoms with E-state index in [0.29, 0.717) is 19.0 Å².